The number of nitrogens with zero attached hydrogens (tertiary/aromatic N) is 1. The van der Waals surface area contributed by atoms with Gasteiger partial charge >= 0.3 is 5.97 Å². The van der Waals surface area contributed by atoms with E-state index >= 15 is 0 Å². The van der Waals surface area contributed by atoms with Crippen molar-refractivity contribution in [2.75, 3.05) is 26.2 Å². The largest absolute Gasteiger partial charge is 0.480 e. The first kappa shape index (κ1) is 40.1. The molecule has 0 saturated carbocycles. The SMILES string of the molecule is CC(C)CC(NC(=O)C(Cc1ccccc1)NC(=O)C(CN)Cc1ccccc1)C(=O)NC(CCCCN)C(=O)N1CCC(N)(C(=O)O)CC1. The maximum atomic E-state index is 14.0. The topological polar surface area (TPSA) is 223 Å². The minimum atomic E-state index is -1.40. The first-order valence-electron chi connectivity index (χ1n) is 17.6. The molecule has 0 radical (unpaired) electrons. The van der Waals surface area contributed by atoms with Gasteiger partial charge in [-0.25, -0.2) is 0 Å². The van der Waals surface area contributed by atoms with Crippen LogP contribution in [0.1, 0.15) is 63.5 Å². The molecule has 0 aliphatic carbocycles. The smallest absolute Gasteiger partial charge is 0.323 e. The van der Waals surface area contributed by atoms with E-state index in [0.717, 1.165) is 11.1 Å². The van der Waals surface area contributed by atoms with Crippen LogP contribution in [0.3, 0.4) is 0 Å². The van der Waals surface area contributed by atoms with Crippen LogP contribution in [-0.4, -0.2) is 89.4 Å². The molecule has 0 bridgehead atoms. The quantitative estimate of drug-likeness (QED) is 0.104. The van der Waals surface area contributed by atoms with Gasteiger partial charge in [0.05, 0.1) is 5.92 Å². The highest BCUT2D eigenvalue weighted by Gasteiger charge is 2.40. The summed E-state index contributed by atoms with van der Waals surface area (Å²) in [6, 6.07) is 15.9. The van der Waals surface area contributed by atoms with E-state index in [9.17, 15) is 29.1 Å². The number of hydrogen-bond donors (Lipinski definition) is 7. The lowest BCUT2D eigenvalue weighted by Gasteiger charge is -2.38. The number of benzene rings is 2. The third kappa shape index (κ3) is 12.2. The maximum absolute atomic E-state index is 14.0. The maximum Gasteiger partial charge on any atom is 0.323 e. The second-order valence-electron chi connectivity index (χ2n) is 13.7. The fraction of sp³-hybridized carbons (Fsp3) is 0.541. The molecule has 1 fully saturated rings. The van der Waals surface area contributed by atoms with Crippen molar-refractivity contribution in [1.29, 1.82) is 0 Å². The van der Waals surface area contributed by atoms with Crippen LogP contribution >= 0.6 is 0 Å². The summed E-state index contributed by atoms with van der Waals surface area (Å²) in [5.41, 5.74) is 18.1. The lowest BCUT2D eigenvalue weighted by molar-refractivity contribution is -0.148. The van der Waals surface area contributed by atoms with Crippen LogP contribution in [0.5, 0.6) is 0 Å². The molecule has 2 aromatic rings. The highest BCUT2D eigenvalue weighted by Crippen LogP contribution is 2.21. The van der Waals surface area contributed by atoms with Gasteiger partial charge in [-0.2, -0.15) is 0 Å². The molecule has 1 heterocycles. The highest BCUT2D eigenvalue weighted by molar-refractivity contribution is 5.94. The van der Waals surface area contributed by atoms with Crippen LogP contribution in [0.25, 0.3) is 0 Å². The number of nitrogens with two attached hydrogens (primary N) is 3. The summed E-state index contributed by atoms with van der Waals surface area (Å²) < 4.78 is 0. The van der Waals surface area contributed by atoms with Crippen molar-refractivity contribution < 1.29 is 29.1 Å². The number of aliphatic carboxylic acids is 1. The fourth-order valence-electron chi connectivity index (χ4n) is 6.09. The number of hydrogen-bond acceptors (Lipinski definition) is 8. The third-order valence-electron chi connectivity index (χ3n) is 9.19. The molecule has 2 aromatic carbocycles. The number of rotatable bonds is 19. The Kier molecular flexibility index (Phi) is 15.8. The van der Waals surface area contributed by atoms with E-state index in [1.807, 2.05) is 74.5 Å². The Morgan fingerprint density at radius 1 is 0.760 bits per heavy atom. The van der Waals surface area contributed by atoms with Crippen LogP contribution in [0.4, 0.5) is 0 Å². The molecule has 0 spiro atoms. The average Bonchev–Trinajstić information content (AvgIpc) is 3.10. The average molecular weight is 694 g/mol. The van der Waals surface area contributed by atoms with E-state index in [4.69, 9.17) is 17.2 Å². The van der Waals surface area contributed by atoms with Crippen LogP contribution in [0, 0.1) is 11.8 Å². The highest BCUT2D eigenvalue weighted by atomic mass is 16.4. The minimum Gasteiger partial charge on any atom is -0.480 e. The van der Waals surface area contributed by atoms with E-state index in [2.05, 4.69) is 16.0 Å². The molecule has 50 heavy (non-hydrogen) atoms. The van der Waals surface area contributed by atoms with E-state index in [-0.39, 0.29) is 63.0 Å². The molecular weight excluding hydrogens is 638 g/mol. The van der Waals surface area contributed by atoms with Gasteiger partial charge in [0.2, 0.25) is 23.6 Å². The number of piperidine rings is 1. The number of likely N-dealkylation sites (tertiary alicyclic amines) is 1. The van der Waals surface area contributed by atoms with Gasteiger partial charge in [0, 0.05) is 26.1 Å². The molecule has 4 amide bonds. The van der Waals surface area contributed by atoms with Gasteiger partial charge in [-0.05, 0) is 68.5 Å². The second kappa shape index (κ2) is 19.8. The molecule has 13 nitrogen and oxygen atoms in total. The summed E-state index contributed by atoms with van der Waals surface area (Å²) in [6.07, 6.45) is 2.60. The minimum absolute atomic E-state index is 0.00268. The molecule has 1 saturated heterocycles. The third-order valence-corrected chi connectivity index (χ3v) is 9.19. The summed E-state index contributed by atoms with van der Waals surface area (Å²) in [5, 5.41) is 18.2. The van der Waals surface area contributed by atoms with Crippen LogP contribution in [0.2, 0.25) is 0 Å². The molecule has 4 unspecified atom stereocenters. The number of unbranched alkanes of at least 4 members (excludes halogenated alkanes) is 1. The van der Waals surface area contributed by atoms with Crippen molar-refractivity contribution in [3.8, 4) is 0 Å². The number of nitrogens with one attached hydrogen (secondary N) is 3. The monoisotopic (exact) mass is 693 g/mol. The van der Waals surface area contributed by atoms with E-state index in [1.165, 1.54) is 4.90 Å². The van der Waals surface area contributed by atoms with Gasteiger partial charge in [0.1, 0.15) is 23.7 Å². The van der Waals surface area contributed by atoms with Crippen molar-refractivity contribution in [3.05, 3.63) is 71.8 Å². The number of carboxylic acids is 1. The molecule has 3 rings (SSSR count). The number of carbonyl (C=O) groups is 5. The number of amides is 4. The van der Waals surface area contributed by atoms with Gasteiger partial charge in [0.15, 0.2) is 0 Å². The van der Waals surface area contributed by atoms with Crippen molar-refractivity contribution >= 4 is 29.6 Å². The van der Waals surface area contributed by atoms with Gasteiger partial charge in [-0.15, -0.1) is 0 Å². The van der Waals surface area contributed by atoms with E-state index < -0.39 is 47.4 Å². The Balaban J connectivity index is 1.79. The van der Waals surface area contributed by atoms with Gasteiger partial charge in [0.25, 0.3) is 0 Å². The zero-order valence-corrected chi connectivity index (χ0v) is 29.3. The Morgan fingerprint density at radius 3 is 1.80 bits per heavy atom. The lowest BCUT2D eigenvalue weighted by atomic mass is 9.88. The summed E-state index contributed by atoms with van der Waals surface area (Å²) >= 11 is 0. The molecule has 1 aliphatic heterocycles. The predicted octanol–water partition coefficient (Wildman–Crippen LogP) is 1.08. The van der Waals surface area contributed by atoms with E-state index in [0.29, 0.717) is 32.2 Å². The summed E-state index contributed by atoms with van der Waals surface area (Å²) in [5.74, 6) is -3.44. The number of carbonyl (C=O) groups excluding carboxylic acids is 4. The Labute approximate surface area is 295 Å². The Bertz CT molecular complexity index is 1400. The zero-order chi connectivity index (χ0) is 36.7. The second-order valence-corrected chi connectivity index (χ2v) is 13.7. The molecule has 1 aliphatic rings. The standard InChI is InChI=1S/C37H55N7O6/c1-25(2)21-30(33(46)41-29(15-9-10-18-38)35(48)44-19-16-37(40,17-20-44)36(49)50)43-34(47)31(23-27-13-7-4-8-14-27)42-32(45)28(24-39)22-26-11-5-3-6-12-26/h3-8,11-14,25,28-31H,9-10,15-24,38-40H2,1-2H3,(H,41,46)(H,42,45)(H,43,47)(H,49,50). The van der Waals surface area contributed by atoms with Crippen LogP contribution < -0.4 is 33.2 Å². The number of carboxylic acid groups (broad SMARTS) is 1. The fourth-order valence-corrected chi connectivity index (χ4v) is 6.09. The van der Waals surface area contributed by atoms with Crippen molar-refractivity contribution in [2.45, 2.75) is 88.9 Å². The molecular formula is C37H55N7O6. The Hall–Kier alpha value is -4.33. The lowest BCUT2D eigenvalue weighted by Crippen LogP contribution is -2.60. The summed E-state index contributed by atoms with van der Waals surface area (Å²) in [6.45, 7) is 4.63. The molecule has 10 N–H and O–H groups in total. The van der Waals surface area contributed by atoms with Crippen LogP contribution in [-0.2, 0) is 36.8 Å². The zero-order valence-electron chi connectivity index (χ0n) is 29.3. The van der Waals surface area contributed by atoms with Crippen molar-refractivity contribution in [3.63, 3.8) is 0 Å². The van der Waals surface area contributed by atoms with Gasteiger partial charge in [-0.1, -0.05) is 74.5 Å². The van der Waals surface area contributed by atoms with Crippen molar-refractivity contribution in [2.24, 2.45) is 29.0 Å². The summed E-state index contributed by atoms with van der Waals surface area (Å²) in [7, 11) is 0. The van der Waals surface area contributed by atoms with Gasteiger partial charge in [-0.3, -0.25) is 24.0 Å². The van der Waals surface area contributed by atoms with E-state index in [1.54, 1.807) is 0 Å². The Morgan fingerprint density at radius 2 is 1.28 bits per heavy atom. The molecule has 274 valence electrons. The molecule has 0 aromatic heterocycles. The summed E-state index contributed by atoms with van der Waals surface area (Å²) in [4.78, 5) is 68.2. The van der Waals surface area contributed by atoms with Gasteiger partial charge < -0.3 is 43.2 Å². The van der Waals surface area contributed by atoms with Crippen LogP contribution in [0.15, 0.2) is 60.7 Å². The predicted molar refractivity (Wildman–Crippen MR) is 191 cm³/mol. The first-order valence-corrected chi connectivity index (χ1v) is 17.6. The normalized spacial score (nSPS) is 16.5. The first-order chi connectivity index (χ1) is 23.9. The molecule has 13 heteroatoms. The van der Waals surface area contributed by atoms with Crippen molar-refractivity contribution in [1.82, 2.24) is 20.9 Å². The molecule has 4 atom stereocenters.